The van der Waals surface area contributed by atoms with Gasteiger partial charge in [-0.15, -0.1) is 11.3 Å². The summed E-state index contributed by atoms with van der Waals surface area (Å²) < 4.78 is 0. The Bertz CT molecular complexity index is 410. The number of nitrogens with two attached hydrogens (primary N) is 1. The number of carbonyl (C=O) groups is 1. The van der Waals surface area contributed by atoms with Crippen LogP contribution in [0.15, 0.2) is 23.2 Å². The van der Waals surface area contributed by atoms with E-state index in [4.69, 9.17) is 18.1 Å². The van der Waals surface area contributed by atoms with Crippen LogP contribution in [0.5, 0.6) is 0 Å². The molecule has 0 atom stereocenters. The van der Waals surface area contributed by atoms with E-state index in [2.05, 4.69) is 5.32 Å². The molecule has 2 heterocycles. The number of rotatable bonds is 1. The molecule has 0 bridgehead atoms. The van der Waals surface area contributed by atoms with Crippen LogP contribution in [0.25, 0.3) is 6.08 Å². The van der Waals surface area contributed by atoms with Crippen molar-refractivity contribution in [2.75, 3.05) is 0 Å². The summed E-state index contributed by atoms with van der Waals surface area (Å²) in [6.07, 6.45) is 1.73. The zero-order valence-electron chi connectivity index (χ0n) is 7.06. The van der Waals surface area contributed by atoms with Crippen molar-refractivity contribution < 1.29 is 4.79 Å². The Morgan fingerprint density at radius 1 is 1.64 bits per heavy atom. The van der Waals surface area contributed by atoms with Gasteiger partial charge in [-0.2, -0.15) is 0 Å². The summed E-state index contributed by atoms with van der Waals surface area (Å²) in [6.45, 7) is 0. The van der Waals surface area contributed by atoms with Crippen molar-refractivity contribution >= 4 is 40.7 Å². The molecule has 14 heavy (non-hydrogen) atoms. The highest BCUT2D eigenvalue weighted by molar-refractivity contribution is 7.80. The number of thiophene rings is 1. The first-order chi connectivity index (χ1) is 6.68. The van der Waals surface area contributed by atoms with Crippen molar-refractivity contribution in [2.45, 2.75) is 0 Å². The van der Waals surface area contributed by atoms with Crippen LogP contribution in [0.4, 0.5) is 0 Å². The van der Waals surface area contributed by atoms with Crippen LogP contribution in [0, 0.1) is 0 Å². The summed E-state index contributed by atoms with van der Waals surface area (Å²) in [7, 11) is 0. The molecule has 72 valence electrons. The second kappa shape index (κ2) is 3.49. The fourth-order valence-corrected chi connectivity index (χ4v) is 1.91. The molecule has 1 aliphatic rings. The van der Waals surface area contributed by atoms with Crippen molar-refractivity contribution in [3.63, 3.8) is 0 Å². The van der Waals surface area contributed by atoms with Crippen molar-refractivity contribution in [1.82, 2.24) is 10.3 Å². The van der Waals surface area contributed by atoms with E-state index in [0.29, 0.717) is 5.70 Å². The van der Waals surface area contributed by atoms with E-state index >= 15 is 0 Å². The quantitative estimate of drug-likeness (QED) is 0.319. The monoisotopic (exact) mass is 225 g/mol. The second-order valence-electron chi connectivity index (χ2n) is 2.68. The zero-order chi connectivity index (χ0) is 10.1. The Kier molecular flexibility index (Phi) is 2.32. The Hall–Kier alpha value is -1.24. The van der Waals surface area contributed by atoms with E-state index in [1.54, 1.807) is 17.4 Å². The summed E-state index contributed by atoms with van der Waals surface area (Å²) in [5, 5.41) is 5.84. The first kappa shape index (κ1) is 9.32. The maximum Gasteiger partial charge on any atom is 0.290 e. The van der Waals surface area contributed by atoms with E-state index in [-0.39, 0.29) is 11.0 Å². The average molecular weight is 225 g/mol. The van der Waals surface area contributed by atoms with Gasteiger partial charge in [-0.05, 0) is 29.7 Å². The van der Waals surface area contributed by atoms with Crippen LogP contribution in [0.1, 0.15) is 4.88 Å². The Morgan fingerprint density at radius 3 is 2.93 bits per heavy atom. The lowest BCUT2D eigenvalue weighted by molar-refractivity contribution is -0.122. The fourth-order valence-electron chi connectivity index (χ4n) is 1.06. The van der Waals surface area contributed by atoms with Gasteiger partial charge in [0.1, 0.15) is 5.70 Å². The summed E-state index contributed by atoms with van der Waals surface area (Å²) in [4.78, 5) is 12.4. The molecule has 0 spiro atoms. The summed E-state index contributed by atoms with van der Waals surface area (Å²) in [5.41, 5.74) is 0.417. The fraction of sp³-hybridized carbons (Fsp3) is 0. The minimum Gasteiger partial charge on any atom is -0.327 e. The first-order valence-corrected chi connectivity index (χ1v) is 5.12. The van der Waals surface area contributed by atoms with Crippen molar-refractivity contribution in [1.29, 1.82) is 0 Å². The van der Waals surface area contributed by atoms with Gasteiger partial charge in [0.15, 0.2) is 5.11 Å². The van der Waals surface area contributed by atoms with Gasteiger partial charge in [0.25, 0.3) is 5.91 Å². The molecule has 1 amide bonds. The molecule has 0 saturated carbocycles. The third-order valence-electron chi connectivity index (χ3n) is 1.74. The Balaban J connectivity index is 2.29. The van der Waals surface area contributed by atoms with Gasteiger partial charge >= 0.3 is 0 Å². The van der Waals surface area contributed by atoms with Crippen molar-refractivity contribution in [3.05, 3.63) is 28.1 Å². The molecule has 0 aliphatic carbocycles. The molecular weight excluding hydrogens is 218 g/mol. The number of carbonyl (C=O) groups excluding carboxylic acids is 1. The number of amides is 1. The molecule has 0 aromatic carbocycles. The number of nitrogens with zero attached hydrogens (tertiary/aromatic N) is 1. The number of thiocarbonyl (C=S) groups is 1. The van der Waals surface area contributed by atoms with Gasteiger partial charge in [-0.1, -0.05) is 6.07 Å². The predicted molar refractivity (Wildman–Crippen MR) is 59.1 cm³/mol. The number of hydrogen-bond acceptors (Lipinski definition) is 4. The summed E-state index contributed by atoms with van der Waals surface area (Å²) >= 11 is 6.37. The van der Waals surface area contributed by atoms with Crippen LogP contribution in [0.3, 0.4) is 0 Å². The molecule has 2 rings (SSSR count). The van der Waals surface area contributed by atoms with Crippen molar-refractivity contribution in [2.24, 2.45) is 5.84 Å². The van der Waals surface area contributed by atoms with Crippen LogP contribution >= 0.6 is 23.6 Å². The molecule has 0 radical (unpaired) electrons. The molecule has 4 nitrogen and oxygen atoms in total. The van der Waals surface area contributed by atoms with Crippen LogP contribution in [-0.2, 0) is 4.79 Å². The summed E-state index contributed by atoms with van der Waals surface area (Å²) in [6, 6.07) is 3.82. The summed E-state index contributed by atoms with van der Waals surface area (Å²) in [5.74, 6) is 5.08. The molecule has 3 N–H and O–H groups in total. The van der Waals surface area contributed by atoms with Gasteiger partial charge in [-0.3, -0.25) is 4.79 Å². The predicted octanol–water partition coefficient (Wildman–Crippen LogP) is 0.679. The van der Waals surface area contributed by atoms with Crippen LogP contribution in [0.2, 0.25) is 0 Å². The molecule has 0 unspecified atom stereocenters. The molecular formula is C8H7N3OS2. The molecule has 6 heteroatoms. The number of nitrogens with one attached hydrogen (secondary N) is 1. The van der Waals surface area contributed by atoms with Crippen molar-refractivity contribution in [3.8, 4) is 0 Å². The lowest BCUT2D eigenvalue weighted by Crippen LogP contribution is -2.36. The normalized spacial score (nSPS) is 19.2. The van der Waals surface area contributed by atoms with E-state index in [9.17, 15) is 4.79 Å². The smallest absolute Gasteiger partial charge is 0.290 e. The number of hydrazine groups is 1. The van der Waals surface area contributed by atoms with Gasteiger partial charge in [-0.25, -0.2) is 10.9 Å². The molecule has 1 saturated heterocycles. The standard InChI is InChI=1S/C8H7N3OS2/c9-11-7(12)6(10-8(11)13)4-5-2-1-3-14-5/h1-4H,9H2,(H,10,13)/b6-4-. The van der Waals surface area contributed by atoms with E-state index < -0.39 is 0 Å². The Labute approximate surface area is 90.0 Å². The van der Waals surface area contributed by atoms with Crippen LogP contribution < -0.4 is 11.2 Å². The van der Waals surface area contributed by atoms with Gasteiger partial charge in [0.2, 0.25) is 0 Å². The largest absolute Gasteiger partial charge is 0.327 e. The molecule has 1 aromatic heterocycles. The first-order valence-electron chi connectivity index (χ1n) is 3.84. The van der Waals surface area contributed by atoms with Gasteiger partial charge in [0, 0.05) is 4.88 Å². The average Bonchev–Trinajstić information content (AvgIpc) is 2.73. The maximum atomic E-state index is 11.4. The Morgan fingerprint density at radius 2 is 2.43 bits per heavy atom. The highest BCUT2D eigenvalue weighted by Crippen LogP contribution is 2.15. The minimum atomic E-state index is -0.302. The highest BCUT2D eigenvalue weighted by atomic mass is 32.1. The van der Waals surface area contributed by atoms with E-state index in [1.165, 1.54) is 0 Å². The van der Waals surface area contributed by atoms with Crippen LogP contribution in [-0.4, -0.2) is 16.0 Å². The molecule has 1 aliphatic heterocycles. The third-order valence-corrected chi connectivity index (χ3v) is 2.86. The van der Waals surface area contributed by atoms with Gasteiger partial charge < -0.3 is 5.32 Å². The highest BCUT2D eigenvalue weighted by Gasteiger charge is 2.27. The molecule has 1 fully saturated rings. The topological polar surface area (TPSA) is 58.4 Å². The second-order valence-corrected chi connectivity index (χ2v) is 4.04. The molecule has 1 aromatic rings. The van der Waals surface area contributed by atoms with E-state index in [0.717, 1.165) is 9.89 Å². The van der Waals surface area contributed by atoms with E-state index in [1.807, 2.05) is 17.5 Å². The third kappa shape index (κ3) is 1.54. The SMILES string of the molecule is NN1C(=O)/C(=C/c2cccs2)NC1=S. The maximum absolute atomic E-state index is 11.4. The number of hydrogen-bond donors (Lipinski definition) is 2. The minimum absolute atomic E-state index is 0.234. The van der Waals surface area contributed by atoms with Gasteiger partial charge in [0.05, 0.1) is 0 Å². The lowest BCUT2D eigenvalue weighted by Gasteiger charge is -2.02. The zero-order valence-corrected chi connectivity index (χ0v) is 8.69. The lowest BCUT2D eigenvalue weighted by atomic mass is 10.3.